The van der Waals surface area contributed by atoms with Gasteiger partial charge >= 0.3 is 0 Å². The SMILES string of the molecule is COc1ccccc1Cc1cnc([C@@H]2CCCN(C(=O)c3cncs3)C2)o1. The number of para-hydroxylation sites is 1. The third-order valence-corrected chi connectivity index (χ3v) is 5.59. The van der Waals surface area contributed by atoms with Crippen molar-refractivity contribution in [3.8, 4) is 5.75 Å². The van der Waals surface area contributed by atoms with Crippen molar-refractivity contribution in [1.29, 1.82) is 0 Å². The van der Waals surface area contributed by atoms with E-state index >= 15 is 0 Å². The molecule has 0 saturated carbocycles. The molecule has 3 aromatic rings. The molecular formula is C20H21N3O3S. The van der Waals surface area contributed by atoms with Crippen molar-refractivity contribution in [3.63, 3.8) is 0 Å². The molecule has 1 aromatic carbocycles. The second-order valence-electron chi connectivity index (χ2n) is 6.61. The minimum atomic E-state index is 0.0444. The van der Waals surface area contributed by atoms with Gasteiger partial charge in [-0.05, 0) is 18.9 Å². The highest BCUT2D eigenvalue weighted by Gasteiger charge is 2.29. The van der Waals surface area contributed by atoms with Crippen molar-refractivity contribution in [3.05, 3.63) is 64.3 Å². The molecule has 1 aliphatic heterocycles. The smallest absolute Gasteiger partial charge is 0.265 e. The predicted molar refractivity (Wildman–Crippen MR) is 102 cm³/mol. The summed E-state index contributed by atoms with van der Waals surface area (Å²) in [5.74, 6) is 2.53. The maximum absolute atomic E-state index is 12.6. The fraction of sp³-hybridized carbons (Fsp3) is 0.350. The van der Waals surface area contributed by atoms with E-state index in [-0.39, 0.29) is 11.8 Å². The highest BCUT2D eigenvalue weighted by molar-refractivity contribution is 7.11. The average molecular weight is 383 g/mol. The summed E-state index contributed by atoms with van der Waals surface area (Å²) >= 11 is 1.38. The van der Waals surface area contributed by atoms with E-state index in [9.17, 15) is 4.79 Å². The van der Waals surface area contributed by atoms with Crippen LogP contribution in [0.2, 0.25) is 0 Å². The van der Waals surface area contributed by atoms with E-state index in [1.54, 1.807) is 25.0 Å². The topological polar surface area (TPSA) is 68.5 Å². The van der Waals surface area contributed by atoms with Crippen molar-refractivity contribution in [2.75, 3.05) is 20.2 Å². The average Bonchev–Trinajstić information content (AvgIpc) is 3.40. The normalized spacial score (nSPS) is 17.1. The van der Waals surface area contributed by atoms with E-state index in [1.165, 1.54) is 11.3 Å². The predicted octanol–water partition coefficient (Wildman–Crippen LogP) is 3.75. The van der Waals surface area contributed by atoms with Crippen LogP contribution in [0.25, 0.3) is 0 Å². The first-order chi connectivity index (χ1) is 13.2. The Hall–Kier alpha value is -2.67. The summed E-state index contributed by atoms with van der Waals surface area (Å²) in [5.41, 5.74) is 2.75. The number of ether oxygens (including phenoxy) is 1. The number of methoxy groups -OCH3 is 1. The van der Waals surface area contributed by atoms with Crippen LogP contribution in [0.5, 0.6) is 5.75 Å². The number of benzene rings is 1. The molecule has 0 unspecified atom stereocenters. The Labute approximate surface area is 161 Å². The van der Waals surface area contributed by atoms with E-state index in [0.717, 1.165) is 36.5 Å². The first-order valence-electron chi connectivity index (χ1n) is 8.99. The summed E-state index contributed by atoms with van der Waals surface area (Å²) in [6.45, 7) is 1.40. The number of carbonyl (C=O) groups excluding carboxylic acids is 1. The Balaban J connectivity index is 1.45. The van der Waals surface area contributed by atoms with Crippen LogP contribution in [0, 0.1) is 0 Å². The van der Waals surface area contributed by atoms with E-state index in [2.05, 4.69) is 9.97 Å². The Bertz CT molecular complexity index is 907. The zero-order valence-electron chi connectivity index (χ0n) is 15.1. The van der Waals surface area contributed by atoms with Crippen molar-refractivity contribution in [2.45, 2.75) is 25.2 Å². The van der Waals surface area contributed by atoms with Crippen molar-refractivity contribution in [2.24, 2.45) is 0 Å². The first kappa shape index (κ1) is 17.7. The minimum absolute atomic E-state index is 0.0444. The van der Waals surface area contributed by atoms with E-state index in [1.807, 2.05) is 29.2 Å². The lowest BCUT2D eigenvalue weighted by molar-refractivity contribution is 0.0702. The molecule has 0 spiro atoms. The molecule has 0 bridgehead atoms. The van der Waals surface area contributed by atoms with E-state index < -0.39 is 0 Å². The third-order valence-electron chi connectivity index (χ3n) is 4.83. The first-order valence-corrected chi connectivity index (χ1v) is 9.87. The molecule has 2 aromatic heterocycles. The Kier molecular flexibility index (Phi) is 5.20. The van der Waals surface area contributed by atoms with Gasteiger partial charge in [0.15, 0.2) is 5.89 Å². The highest BCUT2D eigenvalue weighted by Crippen LogP contribution is 2.29. The fourth-order valence-electron chi connectivity index (χ4n) is 3.47. The van der Waals surface area contributed by atoms with Crippen LogP contribution in [0.1, 0.15) is 45.6 Å². The number of aromatic nitrogens is 2. The summed E-state index contributed by atoms with van der Waals surface area (Å²) in [7, 11) is 1.67. The number of amides is 1. The molecular weight excluding hydrogens is 362 g/mol. The molecule has 1 amide bonds. The van der Waals surface area contributed by atoms with E-state index in [0.29, 0.717) is 23.7 Å². The van der Waals surface area contributed by atoms with Gasteiger partial charge in [0.25, 0.3) is 5.91 Å². The monoisotopic (exact) mass is 383 g/mol. The number of hydrogen-bond donors (Lipinski definition) is 0. The molecule has 1 atom stereocenters. The zero-order chi connectivity index (χ0) is 18.6. The summed E-state index contributed by atoms with van der Waals surface area (Å²) in [6, 6.07) is 7.90. The quantitative estimate of drug-likeness (QED) is 0.671. The van der Waals surface area contributed by atoms with Gasteiger partial charge in [0.1, 0.15) is 16.4 Å². The minimum Gasteiger partial charge on any atom is -0.496 e. The molecule has 1 aliphatic rings. The van der Waals surface area contributed by atoms with Crippen LogP contribution in [0.4, 0.5) is 0 Å². The molecule has 140 valence electrons. The maximum Gasteiger partial charge on any atom is 0.265 e. The van der Waals surface area contributed by atoms with Gasteiger partial charge in [-0.2, -0.15) is 0 Å². The van der Waals surface area contributed by atoms with Gasteiger partial charge in [-0.1, -0.05) is 18.2 Å². The lowest BCUT2D eigenvalue weighted by atomic mass is 9.98. The Morgan fingerprint density at radius 2 is 2.26 bits per heavy atom. The van der Waals surface area contributed by atoms with Crippen LogP contribution in [-0.4, -0.2) is 41.0 Å². The van der Waals surface area contributed by atoms with Crippen molar-refractivity contribution in [1.82, 2.24) is 14.9 Å². The highest BCUT2D eigenvalue weighted by atomic mass is 32.1. The van der Waals surface area contributed by atoms with E-state index in [4.69, 9.17) is 9.15 Å². The number of carbonyl (C=O) groups is 1. The maximum atomic E-state index is 12.6. The molecule has 27 heavy (non-hydrogen) atoms. The second kappa shape index (κ2) is 7.92. The number of piperidine rings is 1. The summed E-state index contributed by atoms with van der Waals surface area (Å²) in [5, 5.41) is 0. The van der Waals surface area contributed by atoms with Crippen molar-refractivity contribution >= 4 is 17.2 Å². The van der Waals surface area contributed by atoms with Gasteiger partial charge in [0.2, 0.25) is 0 Å². The summed E-state index contributed by atoms with van der Waals surface area (Å²) < 4.78 is 11.4. The number of nitrogens with zero attached hydrogens (tertiary/aromatic N) is 3. The van der Waals surface area contributed by atoms with Gasteiger partial charge < -0.3 is 14.1 Å². The number of oxazole rings is 1. The Morgan fingerprint density at radius 1 is 1.37 bits per heavy atom. The number of hydrogen-bond acceptors (Lipinski definition) is 6. The number of rotatable bonds is 5. The summed E-state index contributed by atoms with van der Waals surface area (Å²) in [6.07, 6.45) is 5.96. The number of thiazole rings is 1. The van der Waals surface area contributed by atoms with Crippen LogP contribution >= 0.6 is 11.3 Å². The van der Waals surface area contributed by atoms with Crippen LogP contribution in [0.15, 0.2) is 46.6 Å². The molecule has 0 aliphatic carbocycles. The van der Waals surface area contributed by atoms with Gasteiger partial charge in [-0.3, -0.25) is 9.78 Å². The standard InChI is InChI=1S/C20H21N3O3S/c1-25-17-7-3-2-5-14(17)9-16-10-22-19(26-16)15-6-4-8-23(12-15)20(24)18-11-21-13-27-18/h2-3,5,7,10-11,13,15H,4,6,8-9,12H2,1H3/t15-/m1/s1. The van der Waals surface area contributed by atoms with Crippen molar-refractivity contribution < 1.29 is 13.9 Å². The summed E-state index contributed by atoms with van der Waals surface area (Å²) in [4.78, 5) is 23.6. The lowest BCUT2D eigenvalue weighted by Crippen LogP contribution is -2.38. The Morgan fingerprint density at radius 3 is 3.07 bits per heavy atom. The third kappa shape index (κ3) is 3.88. The van der Waals surface area contributed by atoms with Gasteiger partial charge in [0.05, 0.1) is 30.9 Å². The molecule has 7 heteroatoms. The molecule has 0 N–H and O–H groups in total. The van der Waals surface area contributed by atoms with Gasteiger partial charge in [-0.15, -0.1) is 11.3 Å². The van der Waals surface area contributed by atoms with Crippen LogP contribution in [-0.2, 0) is 6.42 Å². The zero-order valence-corrected chi connectivity index (χ0v) is 15.9. The second-order valence-corrected chi connectivity index (χ2v) is 7.50. The molecule has 1 fully saturated rings. The lowest BCUT2D eigenvalue weighted by Gasteiger charge is -2.30. The fourth-order valence-corrected chi connectivity index (χ4v) is 4.06. The molecule has 3 heterocycles. The van der Waals surface area contributed by atoms with Gasteiger partial charge in [0, 0.05) is 25.1 Å². The largest absolute Gasteiger partial charge is 0.496 e. The van der Waals surface area contributed by atoms with Gasteiger partial charge in [-0.25, -0.2) is 4.98 Å². The molecule has 1 saturated heterocycles. The molecule has 4 rings (SSSR count). The van der Waals surface area contributed by atoms with Crippen LogP contribution in [0.3, 0.4) is 0 Å². The molecule has 6 nitrogen and oxygen atoms in total. The number of likely N-dealkylation sites (tertiary alicyclic amines) is 1. The molecule has 0 radical (unpaired) electrons. The van der Waals surface area contributed by atoms with Crippen LogP contribution < -0.4 is 4.74 Å².